The minimum atomic E-state index is -4.58. The van der Waals surface area contributed by atoms with Gasteiger partial charge in [-0.1, -0.05) is 47.6 Å². The number of hydrogen-bond acceptors (Lipinski definition) is 6. The van der Waals surface area contributed by atoms with E-state index in [0.29, 0.717) is 22.6 Å². The summed E-state index contributed by atoms with van der Waals surface area (Å²) in [6, 6.07) is 20.7. The van der Waals surface area contributed by atoms with Gasteiger partial charge in [0.05, 0.1) is 34.8 Å². The maximum atomic E-state index is 13.2. The number of rotatable bonds is 7. The molecule has 1 fully saturated rings. The number of benzene rings is 3. The van der Waals surface area contributed by atoms with E-state index in [1.807, 2.05) is 60.8 Å². The maximum Gasteiger partial charge on any atom is 0.417 e. The van der Waals surface area contributed by atoms with E-state index >= 15 is 0 Å². The number of para-hydroxylation sites is 1. The molecular weight excluding hydrogens is 563 g/mol. The fourth-order valence-corrected chi connectivity index (χ4v) is 5.22. The molecule has 5 rings (SSSR count). The Balaban J connectivity index is 1.36. The average molecular weight is 584 g/mol. The number of carbonyl (C=O) groups excluding carboxylic acids is 1. The zero-order valence-electron chi connectivity index (χ0n) is 20.9. The van der Waals surface area contributed by atoms with Crippen molar-refractivity contribution in [2.75, 3.05) is 7.11 Å². The second-order valence-corrected chi connectivity index (χ2v) is 10.3. The Morgan fingerprint density at radius 2 is 1.88 bits per heavy atom. The second-order valence-electron chi connectivity index (χ2n) is 8.70. The number of halogens is 4. The summed E-state index contributed by atoms with van der Waals surface area (Å²) >= 11 is 6.81. The van der Waals surface area contributed by atoms with Gasteiger partial charge in [-0.15, -0.1) is 5.10 Å². The lowest BCUT2D eigenvalue weighted by molar-refractivity contribution is -0.137. The SMILES string of the molecule is COc1ccc(-c2nn(-c3ccccc3)cc2/C=N/N=C2\NC(=O)C(Cc3ccc(Cl)c(C(F)(F)F)c3)S2)cc1. The Labute approximate surface area is 236 Å². The minimum Gasteiger partial charge on any atom is -0.497 e. The van der Waals surface area contributed by atoms with Crippen molar-refractivity contribution in [2.24, 2.45) is 10.2 Å². The van der Waals surface area contributed by atoms with E-state index in [9.17, 15) is 18.0 Å². The van der Waals surface area contributed by atoms with E-state index in [1.165, 1.54) is 18.3 Å². The first-order chi connectivity index (χ1) is 19.2. The van der Waals surface area contributed by atoms with Crippen molar-refractivity contribution in [3.63, 3.8) is 0 Å². The fraction of sp³-hybridized carbons (Fsp3) is 0.143. The molecule has 0 saturated carbocycles. The molecule has 1 aromatic heterocycles. The van der Waals surface area contributed by atoms with Crippen LogP contribution >= 0.6 is 23.4 Å². The average Bonchev–Trinajstić information content (AvgIpc) is 3.53. The van der Waals surface area contributed by atoms with Crippen molar-refractivity contribution in [1.29, 1.82) is 0 Å². The van der Waals surface area contributed by atoms with Crippen molar-refractivity contribution < 1.29 is 22.7 Å². The van der Waals surface area contributed by atoms with Crippen LogP contribution in [0.1, 0.15) is 16.7 Å². The lowest BCUT2D eigenvalue weighted by atomic mass is 10.1. The van der Waals surface area contributed by atoms with Gasteiger partial charge in [0.25, 0.3) is 0 Å². The van der Waals surface area contributed by atoms with E-state index in [2.05, 4.69) is 15.5 Å². The third kappa shape index (κ3) is 6.21. The summed E-state index contributed by atoms with van der Waals surface area (Å²) in [4.78, 5) is 12.5. The molecule has 204 valence electrons. The van der Waals surface area contributed by atoms with Crippen LogP contribution in [0.15, 0.2) is 89.2 Å². The van der Waals surface area contributed by atoms with Crippen molar-refractivity contribution in [1.82, 2.24) is 15.1 Å². The molecule has 1 atom stereocenters. The molecule has 3 aromatic carbocycles. The number of ether oxygens (including phenoxy) is 1. The number of nitrogens with one attached hydrogen (secondary N) is 1. The Morgan fingerprint density at radius 3 is 2.58 bits per heavy atom. The molecule has 0 aliphatic carbocycles. The summed E-state index contributed by atoms with van der Waals surface area (Å²) in [6.07, 6.45) is -1.15. The van der Waals surface area contributed by atoms with E-state index in [-0.39, 0.29) is 22.5 Å². The van der Waals surface area contributed by atoms with Gasteiger partial charge in [0.15, 0.2) is 5.17 Å². The summed E-state index contributed by atoms with van der Waals surface area (Å²) < 4.78 is 46.6. The Morgan fingerprint density at radius 1 is 1.12 bits per heavy atom. The van der Waals surface area contributed by atoms with Crippen LogP contribution in [-0.2, 0) is 17.4 Å². The van der Waals surface area contributed by atoms with Gasteiger partial charge in [-0.2, -0.15) is 23.4 Å². The summed E-state index contributed by atoms with van der Waals surface area (Å²) in [5.41, 5.74) is 2.46. The number of methoxy groups -OCH3 is 1. The minimum absolute atomic E-state index is 0.0744. The summed E-state index contributed by atoms with van der Waals surface area (Å²) in [6.45, 7) is 0. The molecule has 2 heterocycles. The van der Waals surface area contributed by atoms with Crippen LogP contribution in [0, 0.1) is 0 Å². The van der Waals surface area contributed by atoms with Crippen molar-refractivity contribution in [3.05, 3.63) is 101 Å². The molecule has 1 N–H and O–H groups in total. The second kappa shape index (κ2) is 11.6. The number of thioether (sulfide) groups is 1. The summed E-state index contributed by atoms with van der Waals surface area (Å²) in [5.74, 6) is 0.350. The predicted octanol–water partition coefficient (Wildman–Crippen LogP) is 6.38. The number of nitrogens with zero attached hydrogens (tertiary/aromatic N) is 4. The zero-order valence-corrected chi connectivity index (χ0v) is 22.5. The molecule has 1 saturated heterocycles. The molecule has 1 amide bonds. The molecule has 0 bridgehead atoms. The molecule has 12 heteroatoms. The highest BCUT2D eigenvalue weighted by molar-refractivity contribution is 8.15. The largest absolute Gasteiger partial charge is 0.497 e. The van der Waals surface area contributed by atoms with Crippen molar-refractivity contribution in [3.8, 4) is 22.7 Å². The number of hydrogen-bond donors (Lipinski definition) is 1. The topological polar surface area (TPSA) is 80.9 Å². The van der Waals surface area contributed by atoms with Crippen LogP contribution in [0.3, 0.4) is 0 Å². The molecule has 7 nitrogen and oxygen atoms in total. The molecule has 40 heavy (non-hydrogen) atoms. The maximum absolute atomic E-state index is 13.2. The van der Waals surface area contributed by atoms with Crippen molar-refractivity contribution in [2.45, 2.75) is 17.8 Å². The first-order valence-electron chi connectivity index (χ1n) is 11.9. The summed E-state index contributed by atoms with van der Waals surface area (Å²) in [7, 11) is 1.59. The first kappa shape index (κ1) is 27.5. The Bertz CT molecular complexity index is 1590. The molecule has 0 radical (unpaired) electrons. The molecule has 4 aromatic rings. The number of carbonyl (C=O) groups is 1. The van der Waals surface area contributed by atoms with E-state index in [0.717, 1.165) is 29.1 Å². The predicted molar refractivity (Wildman–Crippen MR) is 150 cm³/mol. The van der Waals surface area contributed by atoms with Gasteiger partial charge in [0.1, 0.15) is 11.4 Å². The van der Waals surface area contributed by atoms with E-state index in [4.69, 9.17) is 21.4 Å². The quantitative estimate of drug-likeness (QED) is 0.202. The van der Waals surface area contributed by atoms with Gasteiger partial charge in [0, 0.05) is 17.3 Å². The summed E-state index contributed by atoms with van der Waals surface area (Å²) in [5, 5.41) is 14.9. The highest BCUT2D eigenvalue weighted by Crippen LogP contribution is 2.36. The smallest absolute Gasteiger partial charge is 0.417 e. The highest BCUT2D eigenvalue weighted by Gasteiger charge is 2.35. The van der Waals surface area contributed by atoms with Crippen LogP contribution in [-0.4, -0.2) is 39.4 Å². The number of alkyl halides is 3. The van der Waals surface area contributed by atoms with Gasteiger partial charge < -0.3 is 10.1 Å². The number of aromatic nitrogens is 2. The van der Waals surface area contributed by atoms with Crippen molar-refractivity contribution >= 4 is 40.7 Å². The Hall–Kier alpha value is -4.09. The zero-order chi connectivity index (χ0) is 28.3. The van der Waals surface area contributed by atoms with Gasteiger partial charge >= 0.3 is 6.18 Å². The van der Waals surface area contributed by atoms with Gasteiger partial charge in [-0.05, 0) is 60.5 Å². The Kier molecular flexibility index (Phi) is 7.95. The highest BCUT2D eigenvalue weighted by atomic mass is 35.5. The van der Waals surface area contributed by atoms with Crippen LogP contribution in [0.5, 0.6) is 5.75 Å². The van der Waals surface area contributed by atoms with E-state index < -0.39 is 17.0 Å². The molecule has 1 unspecified atom stereocenters. The first-order valence-corrected chi connectivity index (χ1v) is 13.2. The van der Waals surface area contributed by atoms with Crippen LogP contribution in [0.2, 0.25) is 5.02 Å². The number of amidine groups is 1. The third-order valence-corrected chi connectivity index (χ3v) is 7.41. The third-order valence-electron chi connectivity index (χ3n) is 6.01. The van der Waals surface area contributed by atoms with Crippen LogP contribution < -0.4 is 10.1 Å². The van der Waals surface area contributed by atoms with Gasteiger partial charge in [-0.25, -0.2) is 4.68 Å². The number of amides is 1. The molecule has 1 aliphatic rings. The fourth-order valence-electron chi connectivity index (χ4n) is 4.03. The monoisotopic (exact) mass is 583 g/mol. The van der Waals surface area contributed by atoms with Gasteiger partial charge in [0.2, 0.25) is 5.91 Å². The van der Waals surface area contributed by atoms with E-state index in [1.54, 1.807) is 11.8 Å². The molecular formula is C28H21ClF3N5O2S. The van der Waals surface area contributed by atoms with Crippen LogP contribution in [0.4, 0.5) is 13.2 Å². The molecule has 1 aliphatic heterocycles. The van der Waals surface area contributed by atoms with Gasteiger partial charge in [-0.3, -0.25) is 4.79 Å². The van der Waals surface area contributed by atoms with Crippen LogP contribution in [0.25, 0.3) is 16.9 Å². The lowest BCUT2D eigenvalue weighted by Crippen LogP contribution is -2.26. The lowest BCUT2D eigenvalue weighted by Gasteiger charge is -2.12. The molecule has 0 spiro atoms. The standard InChI is InChI=1S/C28H21ClF3N5O2S/c1-39-21-10-8-18(9-11-21)25-19(16-37(36-25)20-5-3-2-4-6-20)15-33-35-27-34-26(38)24(40-27)14-17-7-12-23(29)22(13-17)28(30,31)32/h2-13,15-16,24H,14H2,1H3,(H,34,35,38)/b33-15+. The normalized spacial score (nSPS) is 16.6.